The third kappa shape index (κ3) is 3.98. The van der Waals surface area contributed by atoms with Crippen LogP contribution >= 0.6 is 0 Å². The molecule has 1 aliphatic carbocycles. The molecule has 2 bridgehead atoms. The van der Waals surface area contributed by atoms with Crippen LogP contribution in [-0.2, 0) is 9.53 Å². The normalized spacial score (nSPS) is 26.2. The molecule has 3 fully saturated rings. The van der Waals surface area contributed by atoms with Gasteiger partial charge in [-0.05, 0) is 39.5 Å². The van der Waals surface area contributed by atoms with Crippen molar-refractivity contribution >= 4 is 17.8 Å². The van der Waals surface area contributed by atoms with Crippen LogP contribution in [0.1, 0.15) is 33.6 Å². The van der Waals surface area contributed by atoms with Crippen molar-refractivity contribution in [2.75, 3.05) is 14.1 Å². The zero-order chi connectivity index (χ0) is 19.2. The van der Waals surface area contributed by atoms with E-state index in [-0.39, 0.29) is 12.0 Å². The number of nitrogens with zero attached hydrogens (tertiary/aromatic N) is 3. The summed E-state index contributed by atoms with van der Waals surface area (Å²) in [6.45, 7) is 5.13. The van der Waals surface area contributed by atoms with Crippen LogP contribution in [0.3, 0.4) is 0 Å². The number of nitrogens with one attached hydrogen (secondary N) is 1. The van der Waals surface area contributed by atoms with Gasteiger partial charge in [-0.3, -0.25) is 25.1 Å². The Morgan fingerprint density at radius 2 is 1.80 bits per heavy atom. The minimum absolute atomic E-state index is 0.0705. The van der Waals surface area contributed by atoms with Crippen molar-refractivity contribution in [2.45, 2.75) is 57.5 Å². The van der Waals surface area contributed by atoms with Crippen LogP contribution in [-0.4, -0.2) is 65.7 Å². The molecule has 1 atom stereocenters. The van der Waals surface area contributed by atoms with E-state index >= 15 is 0 Å². The molecule has 0 aromatic carbocycles. The minimum Gasteiger partial charge on any atom is -0.444 e. The monoisotopic (exact) mass is 364 g/mol. The maximum Gasteiger partial charge on any atom is 0.450 e. The van der Waals surface area contributed by atoms with E-state index in [0.29, 0.717) is 17.9 Å². The number of alkyl halides is 3. The highest BCUT2D eigenvalue weighted by atomic mass is 19.4. The van der Waals surface area contributed by atoms with Crippen LogP contribution in [0.4, 0.5) is 18.0 Å². The predicted octanol–water partition coefficient (Wildman–Crippen LogP) is 1.94. The SMILES string of the molecule is C/N=C(\N(C)NC(=O)C1C2CC(C2)N1C(=O)OC(C)(C)C)C(F)(F)F. The molecule has 25 heavy (non-hydrogen) atoms. The molecule has 3 aliphatic rings. The molecule has 10 heteroatoms. The van der Waals surface area contributed by atoms with E-state index in [4.69, 9.17) is 4.74 Å². The Morgan fingerprint density at radius 3 is 2.24 bits per heavy atom. The number of fused-ring (bicyclic) bond motifs is 1. The lowest BCUT2D eigenvalue weighted by Crippen LogP contribution is -2.55. The first-order valence-corrected chi connectivity index (χ1v) is 7.94. The summed E-state index contributed by atoms with van der Waals surface area (Å²) in [5, 5.41) is 0.533. The number of hydrogen-bond donors (Lipinski definition) is 1. The molecule has 2 heterocycles. The Morgan fingerprint density at radius 1 is 1.24 bits per heavy atom. The average molecular weight is 364 g/mol. The van der Waals surface area contributed by atoms with Crippen molar-refractivity contribution in [3.8, 4) is 0 Å². The Kier molecular flexibility index (Phi) is 4.93. The minimum atomic E-state index is -4.70. The number of amidine groups is 1. The highest BCUT2D eigenvalue weighted by molar-refractivity contribution is 5.92. The molecule has 0 aromatic heterocycles. The topological polar surface area (TPSA) is 74.2 Å². The lowest BCUT2D eigenvalue weighted by Gasteiger charge is -2.30. The van der Waals surface area contributed by atoms with Crippen LogP contribution in [0.25, 0.3) is 0 Å². The van der Waals surface area contributed by atoms with Gasteiger partial charge in [0.2, 0.25) is 5.84 Å². The van der Waals surface area contributed by atoms with Gasteiger partial charge in [0.1, 0.15) is 11.6 Å². The fourth-order valence-corrected chi connectivity index (χ4v) is 3.24. The van der Waals surface area contributed by atoms with Crippen molar-refractivity contribution in [1.29, 1.82) is 0 Å². The first-order valence-electron chi connectivity index (χ1n) is 7.94. The number of rotatable bonds is 1. The summed E-state index contributed by atoms with van der Waals surface area (Å²) in [7, 11) is 2.05. The first-order chi connectivity index (χ1) is 11.3. The number of hydrogen-bond acceptors (Lipinski definition) is 4. The van der Waals surface area contributed by atoms with Gasteiger partial charge in [-0.2, -0.15) is 13.2 Å². The van der Waals surface area contributed by atoms with Crippen molar-refractivity contribution in [2.24, 2.45) is 10.9 Å². The van der Waals surface area contributed by atoms with Crippen LogP contribution in [0.15, 0.2) is 4.99 Å². The molecular formula is C15H23F3N4O3. The first kappa shape index (κ1) is 19.3. The number of carbonyl (C=O) groups is 2. The fraction of sp³-hybridized carbons (Fsp3) is 0.800. The number of ether oxygens (including phenoxy) is 1. The zero-order valence-corrected chi connectivity index (χ0v) is 14.8. The summed E-state index contributed by atoms with van der Waals surface area (Å²) in [5.41, 5.74) is 1.46. The molecule has 1 N–H and O–H groups in total. The molecule has 1 unspecified atom stereocenters. The van der Waals surface area contributed by atoms with Gasteiger partial charge in [0, 0.05) is 20.1 Å². The van der Waals surface area contributed by atoms with Gasteiger partial charge in [-0.15, -0.1) is 0 Å². The maximum absolute atomic E-state index is 12.9. The summed E-state index contributed by atoms with van der Waals surface area (Å²) >= 11 is 0. The Hall–Kier alpha value is -2.00. The van der Waals surface area contributed by atoms with Crippen LogP contribution in [0.2, 0.25) is 0 Å². The van der Waals surface area contributed by atoms with Gasteiger partial charge in [-0.1, -0.05) is 0 Å². The number of aliphatic imine (C=N–C) groups is 1. The number of halogens is 3. The highest BCUT2D eigenvalue weighted by Gasteiger charge is 2.57. The van der Waals surface area contributed by atoms with E-state index in [1.807, 2.05) is 0 Å². The molecule has 0 spiro atoms. The van der Waals surface area contributed by atoms with Gasteiger partial charge in [0.25, 0.3) is 5.91 Å². The molecular weight excluding hydrogens is 341 g/mol. The van der Waals surface area contributed by atoms with E-state index in [1.165, 1.54) is 4.90 Å². The summed E-state index contributed by atoms with van der Waals surface area (Å²) in [4.78, 5) is 29.4. The van der Waals surface area contributed by atoms with Crippen LogP contribution < -0.4 is 5.43 Å². The maximum atomic E-state index is 12.9. The summed E-state index contributed by atoms with van der Waals surface area (Å²) < 4.78 is 43.9. The molecule has 0 radical (unpaired) electrons. The van der Waals surface area contributed by atoms with Gasteiger partial charge in [-0.25, -0.2) is 4.79 Å². The van der Waals surface area contributed by atoms with Gasteiger partial charge in [0.05, 0.1) is 0 Å². The van der Waals surface area contributed by atoms with Gasteiger partial charge < -0.3 is 4.74 Å². The fourth-order valence-electron chi connectivity index (χ4n) is 3.24. The number of hydrazine groups is 1. The molecule has 0 aromatic rings. The van der Waals surface area contributed by atoms with Gasteiger partial charge >= 0.3 is 12.3 Å². The zero-order valence-electron chi connectivity index (χ0n) is 14.8. The molecule has 142 valence electrons. The van der Waals surface area contributed by atoms with Crippen molar-refractivity contribution in [3.05, 3.63) is 0 Å². The van der Waals surface area contributed by atoms with Crippen molar-refractivity contribution in [3.63, 3.8) is 0 Å². The lowest BCUT2D eigenvalue weighted by atomic mass is 9.83. The van der Waals surface area contributed by atoms with E-state index in [0.717, 1.165) is 14.1 Å². The summed E-state index contributed by atoms with van der Waals surface area (Å²) in [6.07, 6.45) is -4.02. The van der Waals surface area contributed by atoms with Crippen LogP contribution in [0, 0.1) is 5.92 Å². The second-order valence-corrected chi connectivity index (χ2v) is 7.30. The second-order valence-electron chi connectivity index (χ2n) is 7.30. The summed E-state index contributed by atoms with van der Waals surface area (Å²) in [6, 6.07) is -0.948. The third-order valence-corrected chi connectivity index (χ3v) is 4.22. The quantitative estimate of drug-likeness (QED) is 0.438. The predicted molar refractivity (Wildman–Crippen MR) is 83.7 cm³/mol. The van der Waals surface area contributed by atoms with Crippen molar-refractivity contribution in [1.82, 2.24) is 15.3 Å². The molecule has 3 rings (SSSR count). The lowest BCUT2D eigenvalue weighted by molar-refractivity contribution is -0.129. The average Bonchev–Trinajstić information content (AvgIpc) is 2.89. The Bertz CT molecular complexity index is 580. The molecule has 1 saturated carbocycles. The highest BCUT2D eigenvalue weighted by Crippen LogP contribution is 2.46. The third-order valence-electron chi connectivity index (χ3n) is 4.22. The number of amides is 2. The number of carbonyl (C=O) groups excluding carboxylic acids is 2. The van der Waals surface area contributed by atoms with E-state index < -0.39 is 35.7 Å². The van der Waals surface area contributed by atoms with E-state index in [9.17, 15) is 22.8 Å². The molecule has 2 amide bonds. The van der Waals surface area contributed by atoms with Crippen LogP contribution in [0.5, 0.6) is 0 Å². The van der Waals surface area contributed by atoms with E-state index in [1.54, 1.807) is 20.8 Å². The Balaban J connectivity index is 2.09. The molecule has 7 nitrogen and oxygen atoms in total. The van der Waals surface area contributed by atoms with Gasteiger partial charge in [0.15, 0.2) is 0 Å². The summed E-state index contributed by atoms with van der Waals surface area (Å²) in [5.74, 6) is -1.97. The second kappa shape index (κ2) is 6.38. The standard InChI is InChI=1S/C15H23F3N4O3/c1-14(2,3)25-13(24)22-9-6-8(7-9)10(22)11(23)20-21(5)12(19-4)15(16,17)18/h8-10H,6-7H2,1-5H3,(H,20,23)/b19-12-. The van der Waals surface area contributed by atoms with Crippen molar-refractivity contribution < 1.29 is 27.5 Å². The smallest absolute Gasteiger partial charge is 0.444 e. The Labute approximate surface area is 144 Å². The largest absolute Gasteiger partial charge is 0.450 e. The molecule has 2 saturated heterocycles. The van der Waals surface area contributed by atoms with E-state index in [2.05, 4.69) is 10.4 Å². The molecule has 2 aliphatic heterocycles.